The van der Waals surface area contributed by atoms with Crippen LogP contribution in [-0.2, 0) is 18.9 Å². The quantitative estimate of drug-likeness (QED) is 0.523. The molecule has 0 aromatic heterocycles. The van der Waals surface area contributed by atoms with Crippen LogP contribution < -0.4 is 15.5 Å². The topological polar surface area (TPSA) is 100 Å². The van der Waals surface area contributed by atoms with E-state index in [4.69, 9.17) is 9.31 Å². The Bertz CT molecular complexity index is 805. The van der Waals surface area contributed by atoms with Gasteiger partial charge >= 0.3 is 7.12 Å². The molecule has 8 nitrogen and oxygen atoms in total. The first kappa shape index (κ1) is 23.4. The van der Waals surface area contributed by atoms with E-state index in [9.17, 15) is 23.5 Å². The summed E-state index contributed by atoms with van der Waals surface area (Å²) in [4.78, 5) is 26.4. The van der Waals surface area contributed by atoms with Gasteiger partial charge in [0.1, 0.15) is 17.7 Å². The van der Waals surface area contributed by atoms with Gasteiger partial charge < -0.3 is 29.9 Å². The largest absolute Gasteiger partial charge is 0.483 e. The highest BCUT2D eigenvalue weighted by Gasteiger charge is 2.43. The van der Waals surface area contributed by atoms with Crippen LogP contribution in [0.4, 0.5) is 14.5 Å². The Morgan fingerprint density at radius 1 is 1.32 bits per heavy atom. The van der Waals surface area contributed by atoms with E-state index in [-0.39, 0.29) is 18.2 Å². The molecule has 3 N–H and O–H groups in total. The lowest BCUT2D eigenvalue weighted by atomic mass is 9.74. The normalized spacial score (nSPS) is 24.2. The molecule has 2 aliphatic heterocycles. The second-order valence-corrected chi connectivity index (χ2v) is 8.35. The fraction of sp³-hybridized carbons (Fsp3) is 0.600. The van der Waals surface area contributed by atoms with Crippen molar-refractivity contribution in [2.75, 3.05) is 18.0 Å². The summed E-state index contributed by atoms with van der Waals surface area (Å²) in [5.41, 5.74) is 0.150. The van der Waals surface area contributed by atoms with Crippen molar-refractivity contribution in [1.82, 2.24) is 10.6 Å². The van der Waals surface area contributed by atoms with E-state index in [0.29, 0.717) is 19.4 Å². The summed E-state index contributed by atoms with van der Waals surface area (Å²) in [5, 5.41) is 15.1. The lowest BCUT2D eigenvalue weighted by Gasteiger charge is -2.41. The molecule has 0 radical (unpaired) electrons. The van der Waals surface area contributed by atoms with E-state index in [0.717, 1.165) is 12.1 Å². The maximum Gasteiger partial charge on any atom is 0.483 e. The van der Waals surface area contributed by atoms with Crippen molar-refractivity contribution in [2.24, 2.45) is 5.92 Å². The molecule has 2 saturated heterocycles. The van der Waals surface area contributed by atoms with Crippen molar-refractivity contribution < 1.29 is 32.8 Å². The predicted molar refractivity (Wildman–Crippen MR) is 110 cm³/mol. The Kier molecular flexibility index (Phi) is 7.50. The van der Waals surface area contributed by atoms with Crippen LogP contribution in [0.1, 0.15) is 33.6 Å². The number of benzene rings is 1. The zero-order chi connectivity index (χ0) is 22.7. The average molecular weight is 439 g/mol. The molecule has 4 unspecified atom stereocenters. The molecule has 2 aliphatic rings. The number of hydrogen-bond acceptors (Lipinski definition) is 6. The molecule has 1 aromatic carbocycles. The Balaban J connectivity index is 1.52. The number of hydrogen-bond donors (Lipinski definition) is 3. The van der Waals surface area contributed by atoms with E-state index < -0.39 is 54.9 Å². The number of amides is 2. The number of carbonyl (C=O) groups is 2. The summed E-state index contributed by atoms with van der Waals surface area (Å²) < 4.78 is 38.1. The average Bonchev–Trinajstić information content (AvgIpc) is 2.99. The first-order valence-corrected chi connectivity index (χ1v) is 10.4. The summed E-state index contributed by atoms with van der Waals surface area (Å²) in [6, 6.07) is 2.58. The molecule has 2 amide bonds. The second kappa shape index (κ2) is 9.93. The first-order chi connectivity index (χ1) is 14.7. The number of aliphatic hydroxyl groups is 1. The minimum Gasteiger partial charge on any atom is -0.402 e. The van der Waals surface area contributed by atoms with Crippen LogP contribution in [-0.4, -0.2) is 61.5 Å². The van der Waals surface area contributed by atoms with Crippen LogP contribution in [0.25, 0.3) is 0 Å². The second-order valence-electron chi connectivity index (χ2n) is 8.35. The fourth-order valence-electron chi connectivity index (χ4n) is 3.70. The highest BCUT2D eigenvalue weighted by atomic mass is 19.1. The van der Waals surface area contributed by atoms with E-state index in [1.807, 2.05) is 13.8 Å². The molecule has 2 fully saturated rings. The van der Waals surface area contributed by atoms with Crippen molar-refractivity contribution in [2.45, 2.75) is 58.0 Å². The molecule has 0 bridgehead atoms. The Hall–Kier alpha value is -2.24. The van der Waals surface area contributed by atoms with Crippen molar-refractivity contribution in [3.63, 3.8) is 0 Å². The van der Waals surface area contributed by atoms with Crippen molar-refractivity contribution in [3.8, 4) is 0 Å². The summed E-state index contributed by atoms with van der Waals surface area (Å²) in [7, 11) is -0.782. The lowest BCUT2D eigenvalue weighted by molar-refractivity contribution is -0.127. The third-order valence-electron chi connectivity index (χ3n) is 5.39. The van der Waals surface area contributed by atoms with E-state index >= 15 is 0 Å². The van der Waals surface area contributed by atoms with Gasteiger partial charge in [-0.15, -0.1) is 0 Å². The fourth-order valence-corrected chi connectivity index (χ4v) is 3.70. The van der Waals surface area contributed by atoms with Gasteiger partial charge in [0, 0.05) is 12.6 Å². The standard InChI is InChI=1S/C20H28BF2N3O5/c1-11(2)8-17(21-30-12(3)20(29)31-21)25-18(27)10-24-19(28)16-6-7-26(16)15-5-4-13(22)9-14(15)23/h4-5,9,11-12,16-17,20,29H,6-8,10H2,1-3H3,(H,24,28)(H,25,27). The van der Waals surface area contributed by atoms with Gasteiger partial charge in [0.2, 0.25) is 11.8 Å². The van der Waals surface area contributed by atoms with Gasteiger partial charge in [-0.2, -0.15) is 0 Å². The zero-order valence-electron chi connectivity index (χ0n) is 17.8. The minimum atomic E-state index is -1.06. The van der Waals surface area contributed by atoms with Gasteiger partial charge in [0.15, 0.2) is 6.29 Å². The van der Waals surface area contributed by atoms with Crippen LogP contribution in [0.15, 0.2) is 18.2 Å². The summed E-state index contributed by atoms with van der Waals surface area (Å²) in [6.45, 7) is 5.83. The number of nitrogens with one attached hydrogen (secondary N) is 2. The Morgan fingerprint density at radius 2 is 2.06 bits per heavy atom. The molecule has 4 atom stereocenters. The maximum atomic E-state index is 14.0. The monoisotopic (exact) mass is 439 g/mol. The summed E-state index contributed by atoms with van der Waals surface area (Å²) in [6.07, 6.45) is -0.510. The SMILES string of the molecule is CC(C)CC(NC(=O)CNC(=O)C1CCN1c1ccc(F)cc1F)B1OC(C)C(O)O1. The molecule has 0 aliphatic carbocycles. The highest BCUT2D eigenvalue weighted by Crippen LogP contribution is 2.29. The molecule has 170 valence electrons. The number of rotatable bonds is 8. The van der Waals surface area contributed by atoms with Crippen molar-refractivity contribution in [1.29, 1.82) is 0 Å². The molecule has 1 aromatic rings. The zero-order valence-corrected chi connectivity index (χ0v) is 17.8. The van der Waals surface area contributed by atoms with Gasteiger partial charge in [-0.25, -0.2) is 8.78 Å². The van der Waals surface area contributed by atoms with Gasteiger partial charge in [0.05, 0.1) is 24.3 Å². The van der Waals surface area contributed by atoms with E-state index in [1.54, 1.807) is 6.92 Å². The molecule has 0 saturated carbocycles. The van der Waals surface area contributed by atoms with Crippen molar-refractivity contribution >= 4 is 24.6 Å². The Morgan fingerprint density at radius 3 is 2.61 bits per heavy atom. The van der Waals surface area contributed by atoms with Crippen LogP contribution >= 0.6 is 0 Å². The maximum absolute atomic E-state index is 14.0. The number of carbonyl (C=O) groups excluding carboxylic acids is 2. The summed E-state index contributed by atoms with van der Waals surface area (Å²) >= 11 is 0. The van der Waals surface area contributed by atoms with Gasteiger partial charge in [-0.3, -0.25) is 9.59 Å². The minimum absolute atomic E-state index is 0.150. The third-order valence-corrected chi connectivity index (χ3v) is 5.39. The first-order valence-electron chi connectivity index (χ1n) is 10.4. The van der Waals surface area contributed by atoms with Crippen molar-refractivity contribution in [3.05, 3.63) is 29.8 Å². The number of aliphatic hydroxyl groups excluding tert-OH is 1. The number of halogens is 2. The van der Waals surface area contributed by atoms with E-state index in [1.165, 1.54) is 11.0 Å². The molecule has 0 spiro atoms. The molecule has 31 heavy (non-hydrogen) atoms. The van der Waals surface area contributed by atoms with Gasteiger partial charge in [0.25, 0.3) is 0 Å². The van der Waals surface area contributed by atoms with E-state index in [2.05, 4.69) is 10.6 Å². The number of anilines is 1. The van der Waals surface area contributed by atoms with Gasteiger partial charge in [-0.1, -0.05) is 13.8 Å². The molecular weight excluding hydrogens is 411 g/mol. The van der Waals surface area contributed by atoms with Gasteiger partial charge in [-0.05, 0) is 37.8 Å². The van der Waals surface area contributed by atoms with Crippen LogP contribution in [0, 0.1) is 17.6 Å². The predicted octanol–water partition coefficient (Wildman–Crippen LogP) is 0.972. The Labute approximate surface area is 180 Å². The molecule has 2 heterocycles. The lowest BCUT2D eigenvalue weighted by Crippen LogP contribution is -2.58. The number of nitrogens with zero attached hydrogens (tertiary/aromatic N) is 1. The molecule has 11 heteroatoms. The summed E-state index contributed by atoms with van der Waals surface area (Å²) in [5.74, 6) is -2.53. The molecule has 3 rings (SSSR count). The highest BCUT2D eigenvalue weighted by molar-refractivity contribution is 6.47. The third kappa shape index (κ3) is 5.72. The van der Waals surface area contributed by atoms with Crippen LogP contribution in [0.3, 0.4) is 0 Å². The van der Waals surface area contributed by atoms with Crippen LogP contribution in [0.2, 0.25) is 0 Å². The van der Waals surface area contributed by atoms with Crippen LogP contribution in [0.5, 0.6) is 0 Å². The molecular formula is C20H28BF2N3O5. The smallest absolute Gasteiger partial charge is 0.402 e.